The molecule has 1 unspecified atom stereocenters. The Labute approximate surface area is 118 Å². The van der Waals surface area contributed by atoms with Crippen LogP contribution >= 0.6 is 0 Å². The SMILES string of the molecule is CC(O)C1CCN(C(=O)c2cccc3cc[nH]c23)CC1. The van der Waals surface area contributed by atoms with Gasteiger partial charge in [0, 0.05) is 24.7 Å². The first-order chi connectivity index (χ1) is 9.66. The first kappa shape index (κ1) is 13.2. The average Bonchev–Trinajstić information content (AvgIpc) is 2.95. The van der Waals surface area contributed by atoms with Crippen molar-refractivity contribution in [3.8, 4) is 0 Å². The number of aromatic amines is 1. The van der Waals surface area contributed by atoms with Gasteiger partial charge in [-0.3, -0.25) is 4.79 Å². The van der Waals surface area contributed by atoms with Gasteiger partial charge in [-0.1, -0.05) is 12.1 Å². The van der Waals surface area contributed by atoms with Crippen LogP contribution in [0.4, 0.5) is 0 Å². The van der Waals surface area contributed by atoms with Gasteiger partial charge < -0.3 is 15.0 Å². The molecule has 1 aliphatic rings. The van der Waals surface area contributed by atoms with Gasteiger partial charge in [0.1, 0.15) is 0 Å². The molecule has 4 heteroatoms. The van der Waals surface area contributed by atoms with E-state index in [9.17, 15) is 9.90 Å². The molecule has 1 aromatic carbocycles. The molecule has 20 heavy (non-hydrogen) atoms. The Balaban J connectivity index is 1.78. The zero-order chi connectivity index (χ0) is 14.1. The zero-order valence-electron chi connectivity index (χ0n) is 11.7. The molecule has 2 aromatic rings. The monoisotopic (exact) mass is 272 g/mol. The molecule has 1 aromatic heterocycles. The number of nitrogens with zero attached hydrogens (tertiary/aromatic N) is 1. The first-order valence-electron chi connectivity index (χ1n) is 7.20. The number of carbonyl (C=O) groups is 1. The molecular formula is C16H20N2O2. The molecule has 0 spiro atoms. The number of aromatic nitrogens is 1. The van der Waals surface area contributed by atoms with Crippen LogP contribution in [0, 0.1) is 5.92 Å². The van der Waals surface area contributed by atoms with Crippen LogP contribution in [0.5, 0.6) is 0 Å². The number of hydrogen-bond acceptors (Lipinski definition) is 2. The van der Waals surface area contributed by atoms with Crippen molar-refractivity contribution in [3.05, 3.63) is 36.0 Å². The Morgan fingerprint density at radius 1 is 1.35 bits per heavy atom. The lowest BCUT2D eigenvalue weighted by Gasteiger charge is -2.33. The number of amides is 1. The lowest BCUT2D eigenvalue weighted by Crippen LogP contribution is -2.40. The molecule has 0 radical (unpaired) electrons. The molecule has 0 saturated carbocycles. The second kappa shape index (κ2) is 5.29. The highest BCUT2D eigenvalue weighted by Crippen LogP contribution is 2.24. The lowest BCUT2D eigenvalue weighted by molar-refractivity contribution is 0.0523. The number of hydrogen-bond donors (Lipinski definition) is 2. The number of aliphatic hydroxyl groups is 1. The van der Waals surface area contributed by atoms with E-state index in [1.54, 1.807) is 0 Å². The molecule has 1 fully saturated rings. The molecular weight excluding hydrogens is 252 g/mol. The van der Waals surface area contributed by atoms with Crippen molar-refractivity contribution in [2.75, 3.05) is 13.1 Å². The number of benzene rings is 1. The quantitative estimate of drug-likeness (QED) is 0.882. The number of aliphatic hydroxyl groups excluding tert-OH is 1. The molecule has 1 amide bonds. The summed E-state index contributed by atoms with van der Waals surface area (Å²) in [6.45, 7) is 3.29. The maximum Gasteiger partial charge on any atom is 0.255 e. The van der Waals surface area contributed by atoms with Crippen molar-refractivity contribution in [1.29, 1.82) is 0 Å². The normalized spacial score (nSPS) is 18.4. The number of H-pyrrole nitrogens is 1. The summed E-state index contributed by atoms with van der Waals surface area (Å²) in [6.07, 6.45) is 3.34. The third-order valence-corrected chi connectivity index (χ3v) is 4.33. The Hall–Kier alpha value is -1.81. The molecule has 1 aliphatic heterocycles. The van der Waals surface area contributed by atoms with Crippen LogP contribution in [-0.2, 0) is 0 Å². The number of carbonyl (C=O) groups excluding carboxylic acids is 1. The molecule has 1 atom stereocenters. The molecule has 4 nitrogen and oxygen atoms in total. The number of likely N-dealkylation sites (tertiary alicyclic amines) is 1. The van der Waals surface area contributed by atoms with Gasteiger partial charge >= 0.3 is 0 Å². The minimum atomic E-state index is -0.279. The van der Waals surface area contributed by atoms with Gasteiger partial charge in [-0.05, 0) is 37.8 Å². The van der Waals surface area contributed by atoms with Crippen molar-refractivity contribution < 1.29 is 9.90 Å². The summed E-state index contributed by atoms with van der Waals surface area (Å²) in [6, 6.07) is 7.78. The van der Waals surface area contributed by atoms with E-state index < -0.39 is 0 Å². The highest BCUT2D eigenvalue weighted by Gasteiger charge is 2.26. The van der Waals surface area contributed by atoms with Crippen LogP contribution in [0.25, 0.3) is 10.9 Å². The smallest absolute Gasteiger partial charge is 0.255 e. The van der Waals surface area contributed by atoms with Crippen molar-refractivity contribution in [3.63, 3.8) is 0 Å². The number of fused-ring (bicyclic) bond motifs is 1. The molecule has 0 bridgehead atoms. The van der Waals surface area contributed by atoms with E-state index in [0.29, 0.717) is 5.92 Å². The summed E-state index contributed by atoms with van der Waals surface area (Å²) >= 11 is 0. The predicted octanol–water partition coefficient (Wildman–Crippen LogP) is 2.40. The number of para-hydroxylation sites is 1. The largest absolute Gasteiger partial charge is 0.393 e. The topological polar surface area (TPSA) is 56.3 Å². The molecule has 0 aliphatic carbocycles. The van der Waals surface area contributed by atoms with Crippen molar-refractivity contribution >= 4 is 16.8 Å². The minimum Gasteiger partial charge on any atom is -0.393 e. The molecule has 2 heterocycles. The summed E-state index contributed by atoms with van der Waals surface area (Å²) in [5.41, 5.74) is 1.65. The summed E-state index contributed by atoms with van der Waals surface area (Å²) in [7, 11) is 0. The Bertz CT molecular complexity index is 610. The maximum absolute atomic E-state index is 12.6. The average molecular weight is 272 g/mol. The van der Waals surface area contributed by atoms with E-state index >= 15 is 0 Å². The zero-order valence-corrected chi connectivity index (χ0v) is 11.7. The van der Waals surface area contributed by atoms with Crippen LogP contribution in [-0.4, -0.2) is 40.1 Å². The van der Waals surface area contributed by atoms with E-state index in [2.05, 4.69) is 4.98 Å². The van der Waals surface area contributed by atoms with Gasteiger partial charge in [-0.15, -0.1) is 0 Å². The molecule has 1 saturated heterocycles. The van der Waals surface area contributed by atoms with Crippen molar-refractivity contribution in [2.45, 2.75) is 25.9 Å². The molecule has 106 valence electrons. The van der Waals surface area contributed by atoms with Crippen molar-refractivity contribution in [1.82, 2.24) is 9.88 Å². The fourth-order valence-corrected chi connectivity index (χ4v) is 3.02. The van der Waals surface area contributed by atoms with E-state index in [1.807, 2.05) is 42.3 Å². The van der Waals surface area contributed by atoms with Gasteiger partial charge in [-0.2, -0.15) is 0 Å². The van der Waals surface area contributed by atoms with Gasteiger partial charge in [-0.25, -0.2) is 0 Å². The Kier molecular flexibility index (Phi) is 3.49. The predicted molar refractivity (Wildman–Crippen MR) is 78.6 cm³/mol. The van der Waals surface area contributed by atoms with Crippen LogP contribution < -0.4 is 0 Å². The van der Waals surface area contributed by atoms with Gasteiger partial charge in [0.05, 0.1) is 17.2 Å². The van der Waals surface area contributed by atoms with Crippen LogP contribution in [0.3, 0.4) is 0 Å². The minimum absolute atomic E-state index is 0.0853. The highest BCUT2D eigenvalue weighted by molar-refractivity contribution is 6.05. The van der Waals surface area contributed by atoms with E-state index in [1.165, 1.54) is 0 Å². The summed E-state index contributed by atoms with van der Waals surface area (Å²) in [5, 5.41) is 10.7. The third kappa shape index (κ3) is 2.31. The number of piperidine rings is 1. The van der Waals surface area contributed by atoms with Gasteiger partial charge in [0.2, 0.25) is 0 Å². The van der Waals surface area contributed by atoms with Crippen LogP contribution in [0.1, 0.15) is 30.1 Å². The lowest BCUT2D eigenvalue weighted by atomic mass is 9.92. The Morgan fingerprint density at radius 3 is 2.80 bits per heavy atom. The molecule has 3 rings (SSSR count). The second-order valence-electron chi connectivity index (χ2n) is 5.62. The Morgan fingerprint density at radius 2 is 2.10 bits per heavy atom. The fraction of sp³-hybridized carbons (Fsp3) is 0.438. The van der Waals surface area contributed by atoms with E-state index in [-0.39, 0.29) is 12.0 Å². The summed E-state index contributed by atoms with van der Waals surface area (Å²) in [5.74, 6) is 0.405. The fourth-order valence-electron chi connectivity index (χ4n) is 3.02. The summed E-state index contributed by atoms with van der Waals surface area (Å²) < 4.78 is 0. The van der Waals surface area contributed by atoms with Crippen LogP contribution in [0.15, 0.2) is 30.5 Å². The molecule has 2 N–H and O–H groups in total. The maximum atomic E-state index is 12.6. The second-order valence-corrected chi connectivity index (χ2v) is 5.62. The van der Waals surface area contributed by atoms with Crippen molar-refractivity contribution in [2.24, 2.45) is 5.92 Å². The van der Waals surface area contributed by atoms with Gasteiger partial charge in [0.15, 0.2) is 0 Å². The van der Waals surface area contributed by atoms with Gasteiger partial charge in [0.25, 0.3) is 5.91 Å². The van der Waals surface area contributed by atoms with E-state index in [4.69, 9.17) is 0 Å². The number of nitrogens with one attached hydrogen (secondary N) is 1. The van der Waals surface area contributed by atoms with E-state index in [0.717, 1.165) is 42.4 Å². The third-order valence-electron chi connectivity index (χ3n) is 4.33. The highest BCUT2D eigenvalue weighted by atomic mass is 16.3. The number of rotatable bonds is 2. The standard InChI is InChI=1S/C16H20N2O2/c1-11(19)12-6-9-18(10-7-12)16(20)14-4-2-3-13-5-8-17-15(13)14/h2-5,8,11-12,17,19H,6-7,9-10H2,1H3. The summed E-state index contributed by atoms with van der Waals surface area (Å²) in [4.78, 5) is 17.7. The van der Waals surface area contributed by atoms with Crippen LogP contribution in [0.2, 0.25) is 0 Å². The first-order valence-corrected chi connectivity index (χ1v) is 7.20.